The van der Waals surface area contributed by atoms with Gasteiger partial charge in [0.1, 0.15) is 5.82 Å². The third-order valence-electron chi connectivity index (χ3n) is 3.88. The maximum Gasteiger partial charge on any atom is 0.321 e. The van der Waals surface area contributed by atoms with E-state index in [-0.39, 0.29) is 5.69 Å². The molecule has 0 aliphatic carbocycles. The Kier molecular flexibility index (Phi) is 3.63. The predicted molar refractivity (Wildman–Crippen MR) is 94.9 cm³/mol. The average molecular weight is 330 g/mol. The Morgan fingerprint density at radius 2 is 1.76 bits per heavy atom. The lowest BCUT2D eigenvalue weighted by Crippen LogP contribution is -2.36. The van der Waals surface area contributed by atoms with E-state index in [0.717, 1.165) is 16.6 Å². The van der Waals surface area contributed by atoms with Crippen LogP contribution in [0.3, 0.4) is 0 Å². The number of para-hydroxylation sites is 3. The quantitative estimate of drug-likeness (QED) is 0.447. The number of anilines is 1. The number of imidazole rings is 1. The van der Waals surface area contributed by atoms with Crippen LogP contribution in [0, 0.1) is 5.21 Å². The highest BCUT2D eigenvalue weighted by atomic mass is 16.5. The van der Waals surface area contributed by atoms with Crippen molar-refractivity contribution in [3.8, 4) is 11.4 Å². The first-order chi connectivity index (χ1) is 12.2. The SMILES string of the molecule is O=C(Nc1ccccc1-c1nc2ccccc2[nH]1)c1cccc[n+]1[O-]. The van der Waals surface area contributed by atoms with Crippen LogP contribution in [0.4, 0.5) is 5.69 Å². The van der Waals surface area contributed by atoms with Gasteiger partial charge in [0.2, 0.25) is 0 Å². The minimum Gasteiger partial charge on any atom is -0.618 e. The summed E-state index contributed by atoms with van der Waals surface area (Å²) in [7, 11) is 0. The standard InChI is InChI=1S/C19H14N4O2/c24-19(17-11-5-6-12-23(17)25)22-14-8-2-1-7-13(14)18-20-15-9-3-4-10-16(15)21-18/h1-12H,(H,20,21)(H,22,24). The third kappa shape index (κ3) is 2.81. The lowest BCUT2D eigenvalue weighted by molar-refractivity contribution is -0.607. The number of nitrogens with one attached hydrogen (secondary N) is 2. The van der Waals surface area contributed by atoms with Crippen LogP contribution in [-0.4, -0.2) is 15.9 Å². The van der Waals surface area contributed by atoms with Gasteiger partial charge in [-0.25, -0.2) is 4.98 Å². The zero-order valence-corrected chi connectivity index (χ0v) is 13.1. The number of benzene rings is 2. The van der Waals surface area contributed by atoms with Crippen molar-refractivity contribution in [1.29, 1.82) is 0 Å². The van der Waals surface area contributed by atoms with E-state index in [1.54, 1.807) is 18.2 Å². The molecular formula is C19H14N4O2. The summed E-state index contributed by atoms with van der Waals surface area (Å²) in [5.41, 5.74) is 3.12. The van der Waals surface area contributed by atoms with Gasteiger partial charge in [-0.2, -0.15) is 4.73 Å². The molecule has 0 fully saturated rings. The molecule has 0 radical (unpaired) electrons. The molecule has 122 valence electrons. The zero-order valence-electron chi connectivity index (χ0n) is 13.1. The molecule has 0 aliphatic heterocycles. The number of hydrogen-bond acceptors (Lipinski definition) is 3. The molecule has 6 nitrogen and oxygen atoms in total. The van der Waals surface area contributed by atoms with Crippen molar-refractivity contribution in [2.75, 3.05) is 5.32 Å². The Balaban J connectivity index is 1.72. The fraction of sp³-hybridized carbons (Fsp3) is 0. The zero-order chi connectivity index (χ0) is 17.2. The molecule has 0 spiro atoms. The minimum absolute atomic E-state index is 0.0295. The van der Waals surface area contributed by atoms with E-state index >= 15 is 0 Å². The first-order valence-electron chi connectivity index (χ1n) is 7.76. The summed E-state index contributed by atoms with van der Waals surface area (Å²) in [4.78, 5) is 20.2. The highest BCUT2D eigenvalue weighted by Gasteiger charge is 2.17. The van der Waals surface area contributed by atoms with Crippen molar-refractivity contribution in [1.82, 2.24) is 9.97 Å². The molecule has 4 rings (SSSR count). The van der Waals surface area contributed by atoms with E-state index in [9.17, 15) is 10.0 Å². The van der Waals surface area contributed by atoms with E-state index in [4.69, 9.17) is 0 Å². The van der Waals surface area contributed by atoms with Crippen LogP contribution in [-0.2, 0) is 0 Å². The topological polar surface area (TPSA) is 84.7 Å². The molecule has 0 atom stereocenters. The van der Waals surface area contributed by atoms with Crippen molar-refractivity contribution in [3.05, 3.63) is 83.8 Å². The molecule has 0 saturated carbocycles. The van der Waals surface area contributed by atoms with Crippen molar-refractivity contribution in [2.45, 2.75) is 0 Å². The summed E-state index contributed by atoms with van der Waals surface area (Å²) in [5.74, 6) is 0.180. The maximum absolute atomic E-state index is 12.4. The average Bonchev–Trinajstić information content (AvgIpc) is 3.06. The molecule has 2 heterocycles. The lowest BCUT2D eigenvalue weighted by atomic mass is 10.1. The van der Waals surface area contributed by atoms with Crippen LogP contribution in [0.2, 0.25) is 0 Å². The maximum atomic E-state index is 12.4. The van der Waals surface area contributed by atoms with Gasteiger partial charge < -0.3 is 15.5 Å². The summed E-state index contributed by atoms with van der Waals surface area (Å²) in [6.07, 6.45) is 1.29. The van der Waals surface area contributed by atoms with Gasteiger partial charge in [-0.05, 0) is 30.3 Å². The molecule has 4 aromatic rings. The van der Waals surface area contributed by atoms with Gasteiger partial charge >= 0.3 is 5.91 Å². The molecular weight excluding hydrogens is 316 g/mol. The van der Waals surface area contributed by atoms with Gasteiger partial charge in [0.15, 0.2) is 6.20 Å². The van der Waals surface area contributed by atoms with Crippen LogP contribution >= 0.6 is 0 Å². The monoisotopic (exact) mass is 330 g/mol. The van der Waals surface area contributed by atoms with E-state index in [1.165, 1.54) is 12.3 Å². The number of fused-ring (bicyclic) bond motifs is 1. The summed E-state index contributed by atoms with van der Waals surface area (Å²) in [6.45, 7) is 0. The molecule has 0 aliphatic rings. The van der Waals surface area contributed by atoms with E-state index in [1.807, 2.05) is 42.5 Å². The number of rotatable bonds is 3. The normalized spacial score (nSPS) is 10.7. The molecule has 0 bridgehead atoms. The smallest absolute Gasteiger partial charge is 0.321 e. The molecule has 2 aromatic carbocycles. The fourth-order valence-electron chi connectivity index (χ4n) is 2.67. The van der Waals surface area contributed by atoms with Gasteiger partial charge in [0.25, 0.3) is 5.69 Å². The molecule has 6 heteroatoms. The van der Waals surface area contributed by atoms with Crippen LogP contribution in [0.1, 0.15) is 10.5 Å². The number of nitrogens with zero attached hydrogens (tertiary/aromatic N) is 2. The van der Waals surface area contributed by atoms with E-state index < -0.39 is 5.91 Å². The number of hydrogen-bond donors (Lipinski definition) is 2. The summed E-state index contributed by atoms with van der Waals surface area (Å²) < 4.78 is 0.541. The summed E-state index contributed by atoms with van der Waals surface area (Å²) in [5, 5.41) is 14.6. The second-order valence-corrected chi connectivity index (χ2v) is 5.51. The summed E-state index contributed by atoms with van der Waals surface area (Å²) >= 11 is 0. The highest BCUT2D eigenvalue weighted by molar-refractivity contribution is 6.04. The van der Waals surface area contributed by atoms with Crippen molar-refractivity contribution < 1.29 is 9.52 Å². The molecule has 2 aromatic heterocycles. The Morgan fingerprint density at radius 3 is 2.60 bits per heavy atom. The van der Waals surface area contributed by atoms with Crippen LogP contribution < -0.4 is 10.0 Å². The minimum atomic E-state index is -0.473. The van der Waals surface area contributed by atoms with Gasteiger partial charge in [-0.3, -0.25) is 4.79 Å². The Hall–Kier alpha value is -3.67. The molecule has 0 saturated heterocycles. The van der Waals surface area contributed by atoms with Gasteiger partial charge in [0.05, 0.1) is 16.7 Å². The number of amides is 1. The van der Waals surface area contributed by atoms with Gasteiger partial charge in [-0.1, -0.05) is 24.3 Å². The lowest BCUT2D eigenvalue weighted by Gasteiger charge is -2.09. The predicted octanol–water partition coefficient (Wildman–Crippen LogP) is 3.12. The number of aromatic nitrogens is 3. The van der Waals surface area contributed by atoms with Crippen LogP contribution in [0.5, 0.6) is 0 Å². The van der Waals surface area contributed by atoms with Crippen molar-refractivity contribution in [2.24, 2.45) is 0 Å². The van der Waals surface area contributed by atoms with E-state index in [0.29, 0.717) is 16.2 Å². The Bertz CT molecular complexity index is 1040. The molecule has 1 amide bonds. The van der Waals surface area contributed by atoms with E-state index in [2.05, 4.69) is 15.3 Å². The largest absolute Gasteiger partial charge is 0.618 e. The first kappa shape index (κ1) is 14.9. The first-order valence-corrected chi connectivity index (χ1v) is 7.76. The van der Waals surface area contributed by atoms with Crippen LogP contribution in [0.15, 0.2) is 72.9 Å². The van der Waals surface area contributed by atoms with Gasteiger partial charge in [-0.15, -0.1) is 0 Å². The van der Waals surface area contributed by atoms with Crippen molar-refractivity contribution in [3.63, 3.8) is 0 Å². The second kappa shape index (κ2) is 6.09. The fourth-order valence-corrected chi connectivity index (χ4v) is 2.67. The Labute approximate surface area is 143 Å². The number of pyridine rings is 1. The molecule has 2 N–H and O–H groups in total. The molecule has 0 unspecified atom stereocenters. The number of carbonyl (C=O) groups excluding carboxylic acids is 1. The summed E-state index contributed by atoms with van der Waals surface area (Å²) in [6, 6.07) is 19.7. The number of carbonyl (C=O) groups is 1. The third-order valence-corrected chi connectivity index (χ3v) is 3.88. The van der Waals surface area contributed by atoms with Gasteiger partial charge in [0, 0.05) is 17.7 Å². The highest BCUT2D eigenvalue weighted by Crippen LogP contribution is 2.27. The van der Waals surface area contributed by atoms with Crippen LogP contribution in [0.25, 0.3) is 22.4 Å². The molecule has 25 heavy (non-hydrogen) atoms. The number of aromatic amines is 1. The van der Waals surface area contributed by atoms with Crippen molar-refractivity contribution >= 4 is 22.6 Å². The second-order valence-electron chi connectivity index (χ2n) is 5.51. The Morgan fingerprint density at radius 1 is 1.00 bits per heavy atom. The number of H-pyrrole nitrogens is 1.